The Bertz CT molecular complexity index is 269. The molecule has 0 saturated carbocycles. The molecule has 17 heavy (non-hydrogen) atoms. The SMILES string of the molecule is CN1CCC(C(=O)NN)(C2CCOCC2)CC1. The number of carbonyl (C=O) groups excluding carboxylic acids is 1. The number of piperidine rings is 1. The Balaban J connectivity index is 2.14. The minimum absolute atomic E-state index is 0.0255. The van der Waals surface area contributed by atoms with E-state index in [2.05, 4.69) is 17.4 Å². The van der Waals surface area contributed by atoms with Crippen molar-refractivity contribution in [3.05, 3.63) is 0 Å². The number of hydrazine groups is 1. The molecule has 0 radical (unpaired) electrons. The van der Waals surface area contributed by atoms with Crippen molar-refractivity contribution in [2.24, 2.45) is 17.2 Å². The van der Waals surface area contributed by atoms with Crippen LogP contribution in [0.1, 0.15) is 25.7 Å². The smallest absolute Gasteiger partial charge is 0.240 e. The number of nitrogens with two attached hydrogens (primary N) is 1. The van der Waals surface area contributed by atoms with E-state index in [0.29, 0.717) is 5.92 Å². The summed E-state index contributed by atoms with van der Waals surface area (Å²) in [5.41, 5.74) is 2.13. The second kappa shape index (κ2) is 5.33. The van der Waals surface area contributed by atoms with Gasteiger partial charge in [-0.1, -0.05) is 0 Å². The Morgan fingerprint density at radius 2 is 1.94 bits per heavy atom. The number of hydrogen-bond acceptors (Lipinski definition) is 4. The lowest BCUT2D eigenvalue weighted by Crippen LogP contribution is -2.54. The number of rotatable bonds is 2. The monoisotopic (exact) mass is 241 g/mol. The molecule has 5 heteroatoms. The van der Waals surface area contributed by atoms with Crippen molar-refractivity contribution in [2.75, 3.05) is 33.4 Å². The highest BCUT2D eigenvalue weighted by Crippen LogP contribution is 2.43. The van der Waals surface area contributed by atoms with Crippen LogP contribution in [0.25, 0.3) is 0 Å². The first-order chi connectivity index (χ1) is 8.19. The fraction of sp³-hybridized carbons (Fsp3) is 0.917. The molecule has 0 aromatic rings. The third kappa shape index (κ3) is 2.46. The van der Waals surface area contributed by atoms with Crippen LogP contribution in [0.3, 0.4) is 0 Å². The summed E-state index contributed by atoms with van der Waals surface area (Å²) in [6, 6.07) is 0. The maximum atomic E-state index is 12.2. The van der Waals surface area contributed by atoms with Gasteiger partial charge in [0.05, 0.1) is 5.41 Å². The number of nitrogens with zero attached hydrogens (tertiary/aromatic N) is 1. The van der Waals surface area contributed by atoms with Crippen molar-refractivity contribution in [1.82, 2.24) is 10.3 Å². The number of nitrogens with one attached hydrogen (secondary N) is 1. The third-order valence-electron chi connectivity index (χ3n) is 4.47. The summed E-state index contributed by atoms with van der Waals surface area (Å²) in [4.78, 5) is 14.5. The van der Waals surface area contributed by atoms with Crippen LogP contribution in [-0.2, 0) is 9.53 Å². The molecule has 98 valence electrons. The molecule has 5 nitrogen and oxygen atoms in total. The van der Waals surface area contributed by atoms with E-state index in [1.54, 1.807) is 0 Å². The van der Waals surface area contributed by atoms with E-state index in [1.807, 2.05) is 0 Å². The van der Waals surface area contributed by atoms with Gasteiger partial charge >= 0.3 is 0 Å². The summed E-state index contributed by atoms with van der Waals surface area (Å²) < 4.78 is 5.40. The standard InChI is InChI=1S/C12H23N3O2/c1-15-6-4-12(5-7-15,11(16)14-13)10-2-8-17-9-3-10/h10H,2-9,13H2,1H3,(H,14,16). The minimum atomic E-state index is -0.259. The van der Waals surface area contributed by atoms with E-state index in [9.17, 15) is 4.79 Å². The fourth-order valence-electron chi connectivity index (χ4n) is 3.23. The molecule has 2 saturated heterocycles. The summed E-state index contributed by atoms with van der Waals surface area (Å²) in [6.07, 6.45) is 3.79. The van der Waals surface area contributed by atoms with Crippen molar-refractivity contribution >= 4 is 5.91 Å². The van der Waals surface area contributed by atoms with Crippen LogP contribution < -0.4 is 11.3 Å². The minimum Gasteiger partial charge on any atom is -0.381 e. The Morgan fingerprint density at radius 1 is 1.35 bits per heavy atom. The van der Waals surface area contributed by atoms with Crippen molar-refractivity contribution in [1.29, 1.82) is 0 Å². The predicted octanol–water partition coefficient (Wildman–Crippen LogP) is 0.115. The first-order valence-electron chi connectivity index (χ1n) is 6.46. The highest BCUT2D eigenvalue weighted by Gasteiger charge is 2.46. The van der Waals surface area contributed by atoms with Crippen LogP contribution in [0, 0.1) is 11.3 Å². The predicted molar refractivity (Wildman–Crippen MR) is 65.0 cm³/mol. The second-order valence-electron chi connectivity index (χ2n) is 5.32. The van der Waals surface area contributed by atoms with Crippen LogP contribution in [0.15, 0.2) is 0 Å². The van der Waals surface area contributed by atoms with Crippen molar-refractivity contribution in [3.8, 4) is 0 Å². The van der Waals surface area contributed by atoms with Crippen molar-refractivity contribution < 1.29 is 9.53 Å². The highest BCUT2D eigenvalue weighted by atomic mass is 16.5. The Labute approximate surface area is 103 Å². The maximum Gasteiger partial charge on any atom is 0.240 e. The average molecular weight is 241 g/mol. The van der Waals surface area contributed by atoms with Gasteiger partial charge in [-0.25, -0.2) is 5.84 Å². The topological polar surface area (TPSA) is 67.6 Å². The molecule has 2 fully saturated rings. The van der Waals surface area contributed by atoms with Gasteiger partial charge in [0.1, 0.15) is 0 Å². The lowest BCUT2D eigenvalue weighted by Gasteiger charge is -2.45. The van der Waals surface area contributed by atoms with Gasteiger partial charge in [0.15, 0.2) is 0 Å². The molecule has 2 rings (SSSR count). The third-order valence-corrected chi connectivity index (χ3v) is 4.47. The van der Waals surface area contributed by atoms with Crippen LogP contribution in [0.5, 0.6) is 0 Å². The van der Waals surface area contributed by atoms with Crippen molar-refractivity contribution in [2.45, 2.75) is 25.7 Å². The lowest BCUT2D eigenvalue weighted by molar-refractivity contribution is -0.141. The lowest BCUT2D eigenvalue weighted by atomic mass is 9.65. The first-order valence-corrected chi connectivity index (χ1v) is 6.46. The number of hydrogen-bond donors (Lipinski definition) is 2. The van der Waals surface area contributed by atoms with Gasteiger partial charge in [-0.3, -0.25) is 10.2 Å². The van der Waals surface area contributed by atoms with Gasteiger partial charge in [0.2, 0.25) is 5.91 Å². The zero-order chi connectivity index (χ0) is 12.3. The quantitative estimate of drug-likeness (QED) is 0.409. The maximum absolute atomic E-state index is 12.2. The van der Waals surface area contributed by atoms with Crippen molar-refractivity contribution in [3.63, 3.8) is 0 Å². The van der Waals surface area contributed by atoms with Gasteiger partial charge in [-0.05, 0) is 51.7 Å². The number of amides is 1. The molecular weight excluding hydrogens is 218 g/mol. The molecule has 0 unspecified atom stereocenters. The Hall–Kier alpha value is -0.650. The summed E-state index contributed by atoms with van der Waals surface area (Å²) in [7, 11) is 2.11. The van der Waals surface area contributed by atoms with E-state index in [1.165, 1.54) is 0 Å². The van der Waals surface area contributed by atoms with Gasteiger partial charge in [-0.15, -0.1) is 0 Å². The van der Waals surface area contributed by atoms with E-state index in [-0.39, 0.29) is 11.3 Å². The molecule has 0 aromatic carbocycles. The summed E-state index contributed by atoms with van der Waals surface area (Å²) in [5, 5.41) is 0. The molecule has 2 heterocycles. The van der Waals surface area contributed by atoms with Gasteiger partial charge in [0.25, 0.3) is 0 Å². The molecular formula is C12H23N3O2. The molecule has 0 bridgehead atoms. The van der Waals surface area contributed by atoms with Gasteiger partial charge in [-0.2, -0.15) is 0 Å². The second-order valence-corrected chi connectivity index (χ2v) is 5.32. The fourth-order valence-corrected chi connectivity index (χ4v) is 3.23. The highest BCUT2D eigenvalue weighted by molar-refractivity contribution is 5.82. The van der Waals surface area contributed by atoms with Gasteiger partial charge < -0.3 is 9.64 Å². The number of likely N-dealkylation sites (tertiary alicyclic amines) is 1. The first kappa shape index (κ1) is 12.8. The average Bonchev–Trinajstić information content (AvgIpc) is 2.40. The summed E-state index contributed by atoms with van der Waals surface area (Å²) in [6.45, 7) is 3.51. The van der Waals surface area contributed by atoms with E-state index in [4.69, 9.17) is 10.6 Å². The molecule has 1 amide bonds. The molecule has 3 N–H and O–H groups in total. The Kier molecular flexibility index (Phi) is 4.01. The Morgan fingerprint density at radius 3 is 2.47 bits per heavy atom. The van der Waals surface area contributed by atoms with Crippen LogP contribution in [0.4, 0.5) is 0 Å². The molecule has 0 aromatic heterocycles. The largest absolute Gasteiger partial charge is 0.381 e. The summed E-state index contributed by atoms with van der Waals surface area (Å²) >= 11 is 0. The zero-order valence-corrected chi connectivity index (χ0v) is 10.6. The summed E-state index contributed by atoms with van der Waals surface area (Å²) in [5.74, 6) is 5.83. The molecule has 0 atom stereocenters. The van der Waals surface area contributed by atoms with Crippen LogP contribution in [-0.4, -0.2) is 44.2 Å². The zero-order valence-electron chi connectivity index (χ0n) is 10.6. The van der Waals surface area contributed by atoms with Crippen LogP contribution in [0.2, 0.25) is 0 Å². The van der Waals surface area contributed by atoms with E-state index in [0.717, 1.165) is 52.0 Å². The number of ether oxygens (including phenoxy) is 1. The molecule has 2 aliphatic rings. The molecule has 2 aliphatic heterocycles. The number of carbonyl (C=O) groups is 1. The van der Waals surface area contributed by atoms with Gasteiger partial charge in [0, 0.05) is 13.2 Å². The van der Waals surface area contributed by atoms with E-state index >= 15 is 0 Å². The molecule has 0 aliphatic carbocycles. The van der Waals surface area contributed by atoms with E-state index < -0.39 is 0 Å². The molecule has 0 spiro atoms. The normalized spacial score (nSPS) is 26.7. The van der Waals surface area contributed by atoms with Crippen LogP contribution >= 0.6 is 0 Å².